The topological polar surface area (TPSA) is 52.6 Å². The third kappa shape index (κ3) is 3.66. The van der Waals surface area contributed by atoms with E-state index in [2.05, 4.69) is 23.8 Å². The second-order valence-electron chi connectivity index (χ2n) is 7.06. The zero-order valence-electron chi connectivity index (χ0n) is 14.7. The Hall–Kier alpha value is -1.63. The number of hydrogen-bond acceptors (Lipinski definition) is 5. The summed E-state index contributed by atoms with van der Waals surface area (Å²) in [6.45, 7) is 8.81. The monoisotopic (exact) mass is 358 g/mol. The summed E-state index contributed by atoms with van der Waals surface area (Å²) in [5.74, 6) is 1.61. The Morgan fingerprint density at radius 1 is 1.28 bits per heavy atom. The number of nitrogens with one attached hydrogen (secondary N) is 1. The fourth-order valence-corrected chi connectivity index (χ4v) is 4.45. The highest BCUT2D eigenvalue weighted by molar-refractivity contribution is 7.99. The first-order valence-electron chi connectivity index (χ1n) is 8.91. The van der Waals surface area contributed by atoms with Crippen LogP contribution in [0.2, 0.25) is 0 Å². The maximum atomic E-state index is 6.01. The largest absolute Gasteiger partial charge is 0.451 e. The van der Waals surface area contributed by atoms with Crippen molar-refractivity contribution in [3.05, 3.63) is 30.6 Å². The van der Waals surface area contributed by atoms with Gasteiger partial charge < -0.3 is 14.1 Å². The number of rotatable bonds is 5. The van der Waals surface area contributed by atoms with Crippen molar-refractivity contribution in [2.75, 3.05) is 32.0 Å². The Morgan fingerprint density at radius 3 is 3.04 bits per heavy atom. The average Bonchev–Trinajstić information content (AvgIpc) is 2.99. The van der Waals surface area contributed by atoms with E-state index in [0.29, 0.717) is 0 Å². The minimum atomic E-state index is 0.266. The molecule has 0 bridgehead atoms. The number of furan rings is 1. The predicted molar refractivity (Wildman–Crippen MR) is 100 cm³/mol. The molecule has 0 saturated carbocycles. The zero-order valence-corrected chi connectivity index (χ0v) is 15.5. The molecule has 3 heterocycles. The van der Waals surface area contributed by atoms with Gasteiger partial charge in [0.25, 0.3) is 0 Å². The van der Waals surface area contributed by atoms with Crippen molar-refractivity contribution in [2.45, 2.75) is 25.0 Å². The molecule has 0 aliphatic carbocycles. The third-order valence-corrected chi connectivity index (χ3v) is 5.66. The summed E-state index contributed by atoms with van der Waals surface area (Å²) in [6.07, 6.45) is 1.90. The fraction of sp³-hybridized carbons (Fsp3) is 0.474. The van der Waals surface area contributed by atoms with Gasteiger partial charge in [-0.25, -0.2) is 9.97 Å². The van der Waals surface area contributed by atoms with E-state index in [4.69, 9.17) is 9.15 Å². The van der Waals surface area contributed by atoms with Crippen molar-refractivity contribution in [3.8, 4) is 0 Å². The number of thioether (sulfide) groups is 1. The van der Waals surface area contributed by atoms with E-state index in [0.717, 1.165) is 58.5 Å². The van der Waals surface area contributed by atoms with Crippen molar-refractivity contribution in [2.24, 2.45) is 5.92 Å². The minimum Gasteiger partial charge on any atom is -0.451 e. The maximum Gasteiger partial charge on any atom is 0.186 e. The van der Waals surface area contributed by atoms with Crippen molar-refractivity contribution in [3.63, 3.8) is 0 Å². The molecule has 6 heteroatoms. The van der Waals surface area contributed by atoms with Gasteiger partial charge in [-0.1, -0.05) is 37.7 Å². The van der Waals surface area contributed by atoms with E-state index in [1.807, 2.05) is 24.3 Å². The van der Waals surface area contributed by atoms with Crippen LogP contribution in [0.5, 0.6) is 0 Å². The maximum absolute atomic E-state index is 6.01. The lowest BCUT2D eigenvalue weighted by atomic mass is 10.2. The van der Waals surface area contributed by atoms with E-state index >= 15 is 0 Å². The number of morpholine rings is 1. The normalized spacial score (nSPS) is 21.4. The molecule has 1 unspecified atom stereocenters. The molecule has 2 atom stereocenters. The Morgan fingerprint density at radius 2 is 2.16 bits per heavy atom. The molecule has 1 saturated heterocycles. The van der Waals surface area contributed by atoms with Crippen LogP contribution in [0.25, 0.3) is 22.1 Å². The molecule has 1 aliphatic heterocycles. The SMILES string of the molecule is CC(C)C[NH+]1CCO[C@@H](CSc2ncnc3c2oc2ccccc23)C1. The first-order chi connectivity index (χ1) is 12.2. The van der Waals surface area contributed by atoms with Gasteiger partial charge in [0.05, 0.1) is 13.2 Å². The number of fused-ring (bicyclic) bond motifs is 3. The van der Waals surface area contributed by atoms with E-state index in [1.54, 1.807) is 23.0 Å². The minimum absolute atomic E-state index is 0.266. The summed E-state index contributed by atoms with van der Waals surface area (Å²) in [5.41, 5.74) is 2.54. The van der Waals surface area contributed by atoms with Crippen molar-refractivity contribution in [1.29, 1.82) is 0 Å². The quantitative estimate of drug-likeness (QED) is 0.561. The number of nitrogens with zero attached hydrogens (tertiary/aromatic N) is 2. The lowest BCUT2D eigenvalue weighted by Gasteiger charge is -2.30. The van der Waals surface area contributed by atoms with Gasteiger partial charge >= 0.3 is 0 Å². The van der Waals surface area contributed by atoms with Crippen LogP contribution in [0.4, 0.5) is 0 Å². The van der Waals surface area contributed by atoms with Crippen LogP contribution >= 0.6 is 11.8 Å². The number of quaternary nitrogens is 1. The van der Waals surface area contributed by atoms with Crippen molar-refractivity contribution >= 4 is 33.8 Å². The van der Waals surface area contributed by atoms with Crippen LogP contribution < -0.4 is 4.90 Å². The molecule has 5 nitrogen and oxygen atoms in total. The highest BCUT2D eigenvalue weighted by Crippen LogP contribution is 2.32. The summed E-state index contributed by atoms with van der Waals surface area (Å²) in [4.78, 5) is 10.5. The number of aromatic nitrogens is 2. The number of benzene rings is 1. The smallest absolute Gasteiger partial charge is 0.186 e. The van der Waals surface area contributed by atoms with Gasteiger partial charge in [-0.05, 0) is 12.1 Å². The summed E-state index contributed by atoms with van der Waals surface area (Å²) in [7, 11) is 0. The molecule has 1 fully saturated rings. The summed E-state index contributed by atoms with van der Waals surface area (Å²) < 4.78 is 12.0. The highest BCUT2D eigenvalue weighted by Gasteiger charge is 2.25. The molecule has 25 heavy (non-hydrogen) atoms. The molecule has 0 amide bonds. The van der Waals surface area contributed by atoms with Gasteiger partial charge in [-0.15, -0.1) is 0 Å². The van der Waals surface area contributed by atoms with Gasteiger partial charge in [0, 0.05) is 17.1 Å². The fourth-order valence-electron chi connectivity index (χ4n) is 3.50. The van der Waals surface area contributed by atoms with Gasteiger partial charge in [0.15, 0.2) is 5.58 Å². The van der Waals surface area contributed by atoms with Gasteiger partial charge in [0.1, 0.15) is 41.6 Å². The average molecular weight is 358 g/mol. The van der Waals surface area contributed by atoms with Gasteiger partial charge in [-0.2, -0.15) is 0 Å². The molecule has 1 N–H and O–H groups in total. The molecule has 4 rings (SSSR count). The molecular formula is C19H24N3O2S+. The number of hydrogen-bond donors (Lipinski definition) is 1. The Kier molecular flexibility index (Phi) is 4.92. The van der Waals surface area contributed by atoms with E-state index in [-0.39, 0.29) is 6.10 Å². The molecule has 0 spiro atoms. The zero-order chi connectivity index (χ0) is 17.2. The van der Waals surface area contributed by atoms with Crippen LogP contribution in [-0.4, -0.2) is 48.1 Å². The molecule has 3 aromatic rings. The number of ether oxygens (including phenoxy) is 1. The molecule has 2 aromatic heterocycles. The predicted octanol–water partition coefficient (Wildman–Crippen LogP) is 2.41. The summed E-state index contributed by atoms with van der Waals surface area (Å²) in [5, 5.41) is 1.95. The first-order valence-corrected chi connectivity index (χ1v) is 9.89. The standard InChI is InChI=1S/C19H23N3O2S/c1-13(2)9-22-7-8-23-14(10-22)11-25-19-18-17(20-12-21-19)15-5-3-4-6-16(15)24-18/h3-6,12-14H,7-11H2,1-2H3/p+1/t14-/m1/s1. The first kappa shape index (κ1) is 16.8. The van der Waals surface area contributed by atoms with Gasteiger partial charge in [0.2, 0.25) is 0 Å². The summed E-state index contributed by atoms with van der Waals surface area (Å²) in [6, 6.07) is 8.00. The van der Waals surface area contributed by atoms with Crippen molar-refractivity contribution in [1.82, 2.24) is 9.97 Å². The lowest BCUT2D eigenvalue weighted by Crippen LogP contribution is -3.15. The number of para-hydroxylation sites is 1. The Labute approximate surface area is 151 Å². The third-order valence-electron chi connectivity index (χ3n) is 4.55. The van der Waals surface area contributed by atoms with Crippen molar-refractivity contribution < 1.29 is 14.1 Å². The summed E-state index contributed by atoms with van der Waals surface area (Å²) >= 11 is 1.71. The van der Waals surface area contributed by atoms with Crippen LogP contribution in [0.1, 0.15) is 13.8 Å². The van der Waals surface area contributed by atoms with E-state index in [9.17, 15) is 0 Å². The van der Waals surface area contributed by atoms with Crippen LogP contribution in [0.3, 0.4) is 0 Å². The second-order valence-corrected chi connectivity index (χ2v) is 8.07. The molecular weight excluding hydrogens is 334 g/mol. The van der Waals surface area contributed by atoms with E-state index < -0.39 is 0 Å². The lowest BCUT2D eigenvalue weighted by molar-refractivity contribution is -0.914. The molecule has 132 valence electrons. The highest BCUT2D eigenvalue weighted by atomic mass is 32.2. The van der Waals surface area contributed by atoms with Crippen LogP contribution in [-0.2, 0) is 4.74 Å². The second kappa shape index (κ2) is 7.32. The van der Waals surface area contributed by atoms with E-state index in [1.165, 1.54) is 6.54 Å². The Balaban J connectivity index is 1.49. The molecule has 1 aromatic carbocycles. The molecule has 1 aliphatic rings. The van der Waals surface area contributed by atoms with Gasteiger partial charge in [-0.3, -0.25) is 0 Å². The Bertz CT molecular complexity index is 864. The molecule has 0 radical (unpaired) electrons. The van der Waals surface area contributed by atoms with Crippen LogP contribution in [0.15, 0.2) is 40.0 Å². The van der Waals surface area contributed by atoms with Crippen LogP contribution in [0, 0.1) is 5.92 Å².